The Morgan fingerprint density at radius 1 is 1.16 bits per heavy atom. The number of ether oxygens (including phenoxy) is 1. The number of aliphatic imine (C=N–C) groups is 1. The summed E-state index contributed by atoms with van der Waals surface area (Å²) in [7, 11) is 0. The summed E-state index contributed by atoms with van der Waals surface area (Å²) in [4.78, 5) is 11.7. The molecule has 0 saturated carbocycles. The molecule has 0 bridgehead atoms. The van der Waals surface area contributed by atoms with Crippen molar-refractivity contribution in [2.24, 2.45) is 4.99 Å². The molecular formula is C25H38IN5O. The Bertz CT molecular complexity index is 807. The minimum absolute atomic E-state index is 0. The molecule has 0 unspecified atom stereocenters. The molecule has 7 heteroatoms. The first kappa shape index (κ1) is 26.4. The molecule has 176 valence electrons. The standard InChI is InChI=1S/C25H37N5O.HI/c1-4-26-25(28-15-18-31-24-11-6-5-10-23(24)20(2)3)29-21-12-16-30(17-13-21)19-22-9-7-8-14-27-22;/h5-11,14,20-21H,4,12-13,15-19H2,1-3H3,(H2,26,28,29);1H. The normalized spacial score (nSPS) is 15.3. The fourth-order valence-corrected chi connectivity index (χ4v) is 3.87. The van der Waals surface area contributed by atoms with E-state index in [1.54, 1.807) is 0 Å². The fourth-order valence-electron chi connectivity index (χ4n) is 3.87. The average molecular weight is 552 g/mol. The van der Waals surface area contributed by atoms with E-state index in [2.05, 4.69) is 65.6 Å². The molecule has 1 aromatic carbocycles. The molecule has 1 saturated heterocycles. The Morgan fingerprint density at radius 3 is 2.59 bits per heavy atom. The zero-order valence-electron chi connectivity index (χ0n) is 19.6. The molecule has 32 heavy (non-hydrogen) atoms. The predicted molar refractivity (Wildman–Crippen MR) is 143 cm³/mol. The Balaban J connectivity index is 0.00000363. The van der Waals surface area contributed by atoms with Crippen molar-refractivity contribution < 1.29 is 4.74 Å². The fraction of sp³-hybridized carbons (Fsp3) is 0.520. The summed E-state index contributed by atoms with van der Waals surface area (Å²) < 4.78 is 6.01. The number of halogens is 1. The van der Waals surface area contributed by atoms with Gasteiger partial charge in [0.25, 0.3) is 0 Å². The van der Waals surface area contributed by atoms with Gasteiger partial charge in [0.1, 0.15) is 12.4 Å². The van der Waals surface area contributed by atoms with Crippen molar-refractivity contribution in [3.63, 3.8) is 0 Å². The van der Waals surface area contributed by atoms with Crippen LogP contribution in [0, 0.1) is 0 Å². The molecule has 1 aliphatic rings. The number of benzene rings is 1. The quantitative estimate of drug-likeness (QED) is 0.209. The lowest BCUT2D eigenvalue weighted by molar-refractivity contribution is 0.196. The molecule has 1 fully saturated rings. The van der Waals surface area contributed by atoms with Gasteiger partial charge >= 0.3 is 0 Å². The highest BCUT2D eigenvalue weighted by Crippen LogP contribution is 2.25. The summed E-state index contributed by atoms with van der Waals surface area (Å²) in [5, 5.41) is 6.98. The third-order valence-electron chi connectivity index (χ3n) is 5.54. The molecular weight excluding hydrogens is 513 g/mol. The number of hydrogen-bond acceptors (Lipinski definition) is 4. The molecule has 1 aromatic heterocycles. The minimum atomic E-state index is 0. The van der Waals surface area contributed by atoms with Gasteiger partial charge in [-0.25, -0.2) is 4.99 Å². The van der Waals surface area contributed by atoms with E-state index in [1.165, 1.54) is 5.56 Å². The lowest BCUT2D eigenvalue weighted by atomic mass is 10.0. The van der Waals surface area contributed by atoms with Crippen LogP contribution in [0.5, 0.6) is 5.75 Å². The van der Waals surface area contributed by atoms with E-state index >= 15 is 0 Å². The lowest BCUT2D eigenvalue weighted by Gasteiger charge is -2.32. The van der Waals surface area contributed by atoms with Gasteiger partial charge in [0.2, 0.25) is 0 Å². The SMILES string of the molecule is CCNC(=NCCOc1ccccc1C(C)C)NC1CCN(Cc2ccccn2)CC1.I. The summed E-state index contributed by atoms with van der Waals surface area (Å²) in [6, 6.07) is 14.8. The molecule has 0 aliphatic carbocycles. The molecule has 2 heterocycles. The van der Waals surface area contributed by atoms with Crippen LogP contribution in [0.25, 0.3) is 0 Å². The van der Waals surface area contributed by atoms with Crippen LogP contribution < -0.4 is 15.4 Å². The van der Waals surface area contributed by atoms with Gasteiger partial charge in [0, 0.05) is 38.4 Å². The van der Waals surface area contributed by atoms with Gasteiger partial charge in [0.15, 0.2) is 5.96 Å². The number of hydrogen-bond donors (Lipinski definition) is 2. The number of guanidine groups is 1. The second-order valence-electron chi connectivity index (χ2n) is 8.32. The van der Waals surface area contributed by atoms with Gasteiger partial charge in [-0.15, -0.1) is 24.0 Å². The van der Waals surface area contributed by atoms with E-state index in [-0.39, 0.29) is 24.0 Å². The maximum Gasteiger partial charge on any atom is 0.191 e. The van der Waals surface area contributed by atoms with Gasteiger partial charge in [-0.1, -0.05) is 38.1 Å². The lowest BCUT2D eigenvalue weighted by Crippen LogP contribution is -2.48. The maximum absolute atomic E-state index is 6.01. The van der Waals surface area contributed by atoms with Crippen molar-refractivity contribution in [2.45, 2.75) is 52.1 Å². The second-order valence-corrected chi connectivity index (χ2v) is 8.32. The minimum Gasteiger partial charge on any atom is -0.491 e. The number of nitrogens with zero attached hydrogens (tertiary/aromatic N) is 3. The van der Waals surface area contributed by atoms with E-state index in [0.29, 0.717) is 25.1 Å². The molecule has 3 rings (SSSR count). The number of piperidine rings is 1. The van der Waals surface area contributed by atoms with Crippen LogP contribution in [0.15, 0.2) is 53.7 Å². The van der Waals surface area contributed by atoms with Crippen LogP contribution in [-0.2, 0) is 6.54 Å². The summed E-state index contributed by atoms with van der Waals surface area (Å²) in [6.07, 6.45) is 4.08. The van der Waals surface area contributed by atoms with Crippen molar-refractivity contribution >= 4 is 29.9 Å². The van der Waals surface area contributed by atoms with Crippen LogP contribution in [0.3, 0.4) is 0 Å². The molecule has 0 spiro atoms. The Kier molecular flexibility index (Phi) is 11.8. The van der Waals surface area contributed by atoms with Gasteiger partial charge in [0.05, 0.1) is 12.2 Å². The van der Waals surface area contributed by atoms with Crippen LogP contribution in [0.1, 0.15) is 50.8 Å². The predicted octanol–water partition coefficient (Wildman–Crippen LogP) is 4.42. The largest absolute Gasteiger partial charge is 0.491 e. The maximum atomic E-state index is 6.01. The topological polar surface area (TPSA) is 61.8 Å². The number of aromatic nitrogens is 1. The van der Waals surface area contributed by atoms with Crippen LogP contribution in [0.4, 0.5) is 0 Å². The molecule has 2 aromatic rings. The number of para-hydroxylation sites is 1. The van der Waals surface area contributed by atoms with E-state index in [0.717, 1.165) is 56.4 Å². The molecule has 1 aliphatic heterocycles. The van der Waals surface area contributed by atoms with Crippen molar-refractivity contribution in [3.8, 4) is 5.75 Å². The zero-order chi connectivity index (χ0) is 21.9. The number of rotatable bonds is 9. The summed E-state index contributed by atoms with van der Waals surface area (Å²) in [5.41, 5.74) is 2.39. The van der Waals surface area contributed by atoms with Crippen molar-refractivity contribution in [1.82, 2.24) is 20.5 Å². The Hall–Kier alpha value is -1.87. The summed E-state index contributed by atoms with van der Waals surface area (Å²) in [6.45, 7) is 11.6. The van der Waals surface area contributed by atoms with Crippen LogP contribution in [0.2, 0.25) is 0 Å². The second kappa shape index (κ2) is 14.3. The van der Waals surface area contributed by atoms with Gasteiger partial charge in [-0.05, 0) is 49.4 Å². The third-order valence-corrected chi connectivity index (χ3v) is 5.54. The van der Waals surface area contributed by atoms with E-state index in [9.17, 15) is 0 Å². The monoisotopic (exact) mass is 551 g/mol. The van der Waals surface area contributed by atoms with Crippen molar-refractivity contribution in [2.75, 3.05) is 32.8 Å². The first-order valence-corrected chi connectivity index (χ1v) is 11.5. The van der Waals surface area contributed by atoms with Gasteiger partial charge in [-0.2, -0.15) is 0 Å². The highest BCUT2D eigenvalue weighted by atomic mass is 127. The smallest absolute Gasteiger partial charge is 0.191 e. The molecule has 2 N–H and O–H groups in total. The average Bonchev–Trinajstić information content (AvgIpc) is 2.79. The first-order valence-electron chi connectivity index (χ1n) is 11.5. The third kappa shape index (κ3) is 8.58. The summed E-state index contributed by atoms with van der Waals surface area (Å²) in [5.74, 6) is 2.29. The van der Waals surface area contributed by atoms with E-state index in [4.69, 9.17) is 9.73 Å². The molecule has 6 nitrogen and oxygen atoms in total. The highest BCUT2D eigenvalue weighted by molar-refractivity contribution is 14.0. The molecule has 0 atom stereocenters. The van der Waals surface area contributed by atoms with Crippen molar-refractivity contribution in [1.29, 1.82) is 0 Å². The zero-order valence-corrected chi connectivity index (χ0v) is 21.9. The van der Waals surface area contributed by atoms with Gasteiger partial charge < -0.3 is 15.4 Å². The van der Waals surface area contributed by atoms with Crippen LogP contribution in [-0.4, -0.2) is 54.7 Å². The Labute approximate surface area is 210 Å². The van der Waals surface area contributed by atoms with E-state index < -0.39 is 0 Å². The van der Waals surface area contributed by atoms with Crippen molar-refractivity contribution in [3.05, 3.63) is 59.9 Å². The van der Waals surface area contributed by atoms with Crippen LogP contribution >= 0.6 is 24.0 Å². The Morgan fingerprint density at radius 2 is 1.91 bits per heavy atom. The summed E-state index contributed by atoms with van der Waals surface area (Å²) >= 11 is 0. The number of pyridine rings is 1. The molecule has 0 radical (unpaired) electrons. The highest BCUT2D eigenvalue weighted by Gasteiger charge is 2.20. The number of likely N-dealkylation sites (tertiary alicyclic amines) is 1. The first-order chi connectivity index (χ1) is 15.2. The van der Waals surface area contributed by atoms with E-state index in [1.807, 2.05) is 24.4 Å². The molecule has 0 amide bonds. The number of nitrogens with one attached hydrogen (secondary N) is 2. The van der Waals surface area contributed by atoms with Gasteiger partial charge in [-0.3, -0.25) is 9.88 Å².